The molecule has 1 aromatic heterocycles. The van der Waals surface area contributed by atoms with Crippen molar-refractivity contribution < 1.29 is 9.84 Å². The van der Waals surface area contributed by atoms with Gasteiger partial charge in [-0.25, -0.2) is 0 Å². The number of nitrogens with zero attached hydrogens (tertiary/aromatic N) is 5. The molecular weight excluding hydrogens is 500 g/mol. The molecule has 6 rings (SSSR count). The molecule has 0 radical (unpaired) electrons. The van der Waals surface area contributed by atoms with Crippen LogP contribution in [-0.2, 0) is 13.0 Å². The number of hydrogen-bond acceptors (Lipinski definition) is 8. The molecule has 2 N–H and O–H groups in total. The molecule has 200 valence electrons. The Kier molecular flexibility index (Phi) is 7.80. The fourth-order valence-electron chi connectivity index (χ4n) is 6.05. The van der Waals surface area contributed by atoms with E-state index in [1.54, 1.807) is 6.07 Å². The van der Waals surface area contributed by atoms with Crippen LogP contribution in [0, 0.1) is 11.3 Å². The van der Waals surface area contributed by atoms with E-state index in [0.29, 0.717) is 30.6 Å². The highest BCUT2D eigenvalue weighted by atomic mass is 35.5. The number of likely N-dealkylation sites (tertiary alicyclic amines) is 1. The van der Waals surface area contributed by atoms with Gasteiger partial charge in [0.1, 0.15) is 29.8 Å². The lowest BCUT2D eigenvalue weighted by Crippen LogP contribution is -2.45. The number of rotatable bonds is 5. The second kappa shape index (κ2) is 11.2. The van der Waals surface area contributed by atoms with Gasteiger partial charge in [0.25, 0.3) is 0 Å². The summed E-state index contributed by atoms with van der Waals surface area (Å²) in [6.07, 6.45) is 3.06. The van der Waals surface area contributed by atoms with E-state index in [4.69, 9.17) is 9.72 Å². The van der Waals surface area contributed by atoms with Crippen molar-refractivity contribution in [1.29, 1.82) is 5.26 Å². The van der Waals surface area contributed by atoms with Crippen molar-refractivity contribution in [2.75, 3.05) is 62.7 Å². The second-order valence-corrected chi connectivity index (χ2v) is 10.4. The van der Waals surface area contributed by atoms with E-state index < -0.39 is 0 Å². The van der Waals surface area contributed by atoms with Crippen LogP contribution < -0.4 is 19.9 Å². The normalized spacial score (nSPS) is 19.6. The number of aromatic hydroxyl groups is 1. The molecule has 0 amide bonds. The van der Waals surface area contributed by atoms with Gasteiger partial charge in [-0.2, -0.15) is 10.2 Å². The van der Waals surface area contributed by atoms with Crippen LogP contribution in [0.4, 0.5) is 11.5 Å². The van der Waals surface area contributed by atoms with Crippen LogP contribution in [0.15, 0.2) is 36.4 Å². The van der Waals surface area contributed by atoms with E-state index in [2.05, 4.69) is 39.2 Å². The van der Waals surface area contributed by atoms with Gasteiger partial charge in [-0.05, 0) is 44.3 Å². The van der Waals surface area contributed by atoms with Crippen LogP contribution in [0.2, 0.25) is 0 Å². The van der Waals surface area contributed by atoms with Gasteiger partial charge in [0, 0.05) is 73.6 Å². The molecule has 2 fully saturated rings. The molecule has 0 saturated carbocycles. The van der Waals surface area contributed by atoms with Crippen molar-refractivity contribution in [3.05, 3.63) is 53.1 Å². The average Bonchev–Trinajstić information content (AvgIpc) is 3.35. The summed E-state index contributed by atoms with van der Waals surface area (Å²) in [5, 5.41) is 26.3. The van der Waals surface area contributed by atoms with Gasteiger partial charge in [-0.1, -0.05) is 24.3 Å². The average molecular weight is 535 g/mol. The second-order valence-electron chi connectivity index (χ2n) is 10.4. The molecule has 0 spiro atoms. The predicted octanol–water partition coefficient (Wildman–Crippen LogP) is 3.68. The van der Waals surface area contributed by atoms with E-state index in [-0.39, 0.29) is 18.2 Å². The smallest absolute Gasteiger partial charge is 0.234 e. The first-order valence-electron chi connectivity index (χ1n) is 13.3. The van der Waals surface area contributed by atoms with E-state index in [1.807, 2.05) is 24.3 Å². The molecule has 1 atom stereocenters. The Labute approximate surface area is 230 Å². The lowest BCUT2D eigenvalue weighted by Gasteiger charge is -2.36. The number of likely N-dealkylation sites (N-methyl/N-ethyl adjacent to an activating group) is 1. The number of anilines is 2. The summed E-state index contributed by atoms with van der Waals surface area (Å²) in [5.74, 6) is 1.67. The van der Waals surface area contributed by atoms with E-state index in [9.17, 15) is 10.4 Å². The zero-order chi connectivity index (χ0) is 25.4. The SMILES string of the molecule is CN1CCCC1COc1nc(N2CCNCC2)c2c(c1C#N)CN(c1cc(O)cc3ccccc13)CC2.Cl. The highest BCUT2D eigenvalue weighted by Crippen LogP contribution is 2.39. The highest BCUT2D eigenvalue weighted by molar-refractivity contribution is 5.95. The van der Waals surface area contributed by atoms with Gasteiger partial charge >= 0.3 is 0 Å². The first-order valence-corrected chi connectivity index (χ1v) is 13.3. The fraction of sp³-hybridized carbons (Fsp3) is 0.448. The molecule has 1 unspecified atom stereocenters. The number of phenols is 1. The van der Waals surface area contributed by atoms with Crippen LogP contribution >= 0.6 is 12.4 Å². The first-order chi connectivity index (χ1) is 18.1. The highest BCUT2D eigenvalue weighted by Gasteiger charge is 2.31. The molecule has 0 bridgehead atoms. The molecule has 4 heterocycles. The van der Waals surface area contributed by atoms with Crippen molar-refractivity contribution in [2.24, 2.45) is 0 Å². The quantitative estimate of drug-likeness (QED) is 0.512. The summed E-state index contributed by atoms with van der Waals surface area (Å²) in [5.41, 5.74) is 3.69. The summed E-state index contributed by atoms with van der Waals surface area (Å²) >= 11 is 0. The third kappa shape index (κ3) is 4.94. The predicted molar refractivity (Wildman–Crippen MR) is 153 cm³/mol. The topological polar surface area (TPSA) is 87.9 Å². The molecule has 8 nitrogen and oxygen atoms in total. The summed E-state index contributed by atoms with van der Waals surface area (Å²) < 4.78 is 6.33. The van der Waals surface area contributed by atoms with Gasteiger partial charge in [-0.3, -0.25) is 0 Å². The zero-order valence-corrected chi connectivity index (χ0v) is 22.6. The first kappa shape index (κ1) is 26.4. The van der Waals surface area contributed by atoms with Gasteiger partial charge in [-0.15, -0.1) is 12.4 Å². The largest absolute Gasteiger partial charge is 0.508 e. The molecule has 2 aromatic carbocycles. The Bertz CT molecular complexity index is 1350. The third-order valence-electron chi connectivity index (χ3n) is 8.12. The Morgan fingerprint density at radius 3 is 2.68 bits per heavy atom. The number of ether oxygens (including phenoxy) is 1. The minimum atomic E-state index is 0. The van der Waals surface area contributed by atoms with Gasteiger partial charge in [0.2, 0.25) is 5.88 Å². The Hall–Kier alpha value is -3.25. The standard InChI is InChI=1S/C29H34N6O2.ClH/c1-33-11-4-6-21(33)19-37-29-25(17-30)26-18-35(27-16-22(36)15-20-5-2-3-7-23(20)27)12-8-24(26)28(32-29)34-13-9-31-10-14-34;/h2-3,5,7,15-16,21,31,36H,4,6,8-14,18-19H2,1H3;1H. The van der Waals surface area contributed by atoms with Crippen LogP contribution in [0.25, 0.3) is 10.8 Å². The minimum absolute atomic E-state index is 0. The van der Waals surface area contributed by atoms with Gasteiger partial charge in [0.15, 0.2) is 0 Å². The van der Waals surface area contributed by atoms with Crippen molar-refractivity contribution in [2.45, 2.75) is 31.8 Å². The lowest BCUT2D eigenvalue weighted by molar-refractivity contribution is 0.193. The molecule has 0 aliphatic carbocycles. The van der Waals surface area contributed by atoms with Gasteiger partial charge in [0.05, 0.1) is 0 Å². The lowest BCUT2D eigenvalue weighted by atomic mass is 9.94. The number of nitriles is 1. The van der Waals surface area contributed by atoms with Crippen molar-refractivity contribution >= 4 is 34.7 Å². The molecule has 38 heavy (non-hydrogen) atoms. The number of aromatic nitrogens is 1. The summed E-state index contributed by atoms with van der Waals surface area (Å²) in [6, 6.07) is 14.6. The molecule has 3 aliphatic heterocycles. The number of nitrogens with one attached hydrogen (secondary N) is 1. The van der Waals surface area contributed by atoms with E-state index in [0.717, 1.165) is 85.5 Å². The Morgan fingerprint density at radius 2 is 1.92 bits per heavy atom. The number of piperazine rings is 1. The molecular formula is C29H35ClN6O2. The van der Waals surface area contributed by atoms with Crippen molar-refractivity contribution in [3.63, 3.8) is 0 Å². The maximum atomic E-state index is 10.5. The Balaban J connectivity index is 0.00000294. The Morgan fingerprint density at radius 1 is 1.11 bits per heavy atom. The van der Waals surface area contributed by atoms with Crippen LogP contribution in [-0.4, -0.2) is 74.0 Å². The molecule has 3 aliphatic rings. The number of benzene rings is 2. The van der Waals surface area contributed by atoms with Crippen LogP contribution in [0.3, 0.4) is 0 Å². The summed E-state index contributed by atoms with van der Waals surface area (Å²) in [4.78, 5) is 12.0. The minimum Gasteiger partial charge on any atom is -0.508 e. The fourth-order valence-corrected chi connectivity index (χ4v) is 6.05. The van der Waals surface area contributed by atoms with Gasteiger partial charge < -0.3 is 29.9 Å². The number of hydrogen-bond donors (Lipinski definition) is 2. The van der Waals surface area contributed by atoms with Crippen LogP contribution in [0.5, 0.6) is 11.6 Å². The molecule has 3 aromatic rings. The maximum Gasteiger partial charge on any atom is 0.234 e. The number of pyridine rings is 1. The maximum absolute atomic E-state index is 10.5. The van der Waals surface area contributed by atoms with E-state index in [1.165, 1.54) is 6.42 Å². The van der Waals surface area contributed by atoms with Crippen LogP contribution in [0.1, 0.15) is 29.5 Å². The zero-order valence-electron chi connectivity index (χ0n) is 21.8. The number of halogens is 1. The third-order valence-corrected chi connectivity index (χ3v) is 8.12. The van der Waals surface area contributed by atoms with Crippen molar-refractivity contribution in [3.8, 4) is 17.7 Å². The molecule has 2 saturated heterocycles. The number of phenolic OH excluding ortho intramolecular Hbond substituents is 1. The number of fused-ring (bicyclic) bond motifs is 2. The molecule has 9 heteroatoms. The van der Waals surface area contributed by atoms with Crippen molar-refractivity contribution in [1.82, 2.24) is 15.2 Å². The van der Waals surface area contributed by atoms with E-state index >= 15 is 0 Å². The summed E-state index contributed by atoms with van der Waals surface area (Å²) in [7, 11) is 2.14. The monoisotopic (exact) mass is 534 g/mol. The summed E-state index contributed by atoms with van der Waals surface area (Å²) in [6.45, 7) is 6.59.